The standard InChI is InChI=1S/C20H28N2O2/c1-14-9-15(2)20-18(10-14)16(11-19(23)24-20)12-22-8-6-5-7-17(13-22)21(3)4/h9-11,17H,5-8,12-13H2,1-4H3/t17-/m0/s1. The summed E-state index contributed by atoms with van der Waals surface area (Å²) in [5.41, 5.74) is 3.82. The van der Waals surface area contributed by atoms with Gasteiger partial charge in [0.15, 0.2) is 0 Å². The van der Waals surface area contributed by atoms with E-state index in [1.807, 2.05) is 6.92 Å². The third-order valence-corrected chi connectivity index (χ3v) is 5.11. The predicted octanol–water partition coefficient (Wildman–Crippen LogP) is 3.33. The molecule has 130 valence electrons. The number of likely N-dealkylation sites (N-methyl/N-ethyl adjacent to an activating group) is 1. The lowest BCUT2D eigenvalue weighted by Crippen LogP contribution is -2.38. The van der Waals surface area contributed by atoms with Gasteiger partial charge in [-0.3, -0.25) is 4.90 Å². The SMILES string of the molecule is Cc1cc(C)c2oc(=O)cc(CN3CCCC[C@H](N(C)C)C3)c2c1. The maximum absolute atomic E-state index is 12.0. The normalized spacial score (nSPS) is 19.8. The Morgan fingerprint density at radius 3 is 2.75 bits per heavy atom. The summed E-state index contributed by atoms with van der Waals surface area (Å²) in [6, 6.07) is 6.48. The van der Waals surface area contributed by atoms with Gasteiger partial charge in [-0.05, 0) is 70.1 Å². The smallest absolute Gasteiger partial charge is 0.336 e. The molecule has 0 amide bonds. The zero-order valence-electron chi connectivity index (χ0n) is 15.3. The summed E-state index contributed by atoms with van der Waals surface area (Å²) >= 11 is 0. The van der Waals surface area contributed by atoms with Gasteiger partial charge in [-0.2, -0.15) is 0 Å². The summed E-state index contributed by atoms with van der Waals surface area (Å²) in [4.78, 5) is 16.8. The summed E-state index contributed by atoms with van der Waals surface area (Å²) in [5, 5.41) is 1.08. The van der Waals surface area contributed by atoms with Gasteiger partial charge in [-0.15, -0.1) is 0 Å². The van der Waals surface area contributed by atoms with Gasteiger partial charge in [-0.25, -0.2) is 4.79 Å². The third kappa shape index (κ3) is 3.70. The Kier molecular flexibility index (Phi) is 5.07. The highest BCUT2D eigenvalue weighted by atomic mass is 16.4. The van der Waals surface area contributed by atoms with Crippen molar-refractivity contribution < 1.29 is 4.42 Å². The molecule has 0 unspecified atom stereocenters. The first-order valence-electron chi connectivity index (χ1n) is 8.87. The predicted molar refractivity (Wildman–Crippen MR) is 98.6 cm³/mol. The molecule has 1 atom stereocenters. The average Bonchev–Trinajstić information content (AvgIpc) is 2.74. The van der Waals surface area contributed by atoms with Gasteiger partial charge in [0.1, 0.15) is 5.58 Å². The van der Waals surface area contributed by atoms with Crippen LogP contribution in [0.5, 0.6) is 0 Å². The molecule has 1 aromatic heterocycles. The Morgan fingerprint density at radius 1 is 1.21 bits per heavy atom. The van der Waals surface area contributed by atoms with Crippen molar-refractivity contribution in [2.75, 3.05) is 27.2 Å². The van der Waals surface area contributed by atoms with E-state index in [4.69, 9.17) is 4.42 Å². The Balaban J connectivity index is 1.95. The molecule has 0 N–H and O–H groups in total. The summed E-state index contributed by atoms with van der Waals surface area (Å²) in [6.07, 6.45) is 3.75. The number of hydrogen-bond acceptors (Lipinski definition) is 4. The summed E-state index contributed by atoms with van der Waals surface area (Å²) in [6.45, 7) is 7.07. The van der Waals surface area contributed by atoms with Crippen LogP contribution in [0.1, 0.15) is 36.0 Å². The van der Waals surface area contributed by atoms with E-state index in [-0.39, 0.29) is 5.63 Å². The molecular formula is C20H28N2O2. The molecule has 0 bridgehead atoms. The quantitative estimate of drug-likeness (QED) is 0.810. The molecule has 0 spiro atoms. The van der Waals surface area contributed by atoms with E-state index in [0.29, 0.717) is 6.04 Å². The van der Waals surface area contributed by atoms with Crippen LogP contribution in [-0.2, 0) is 6.54 Å². The fraction of sp³-hybridized carbons (Fsp3) is 0.550. The summed E-state index contributed by atoms with van der Waals surface area (Å²) in [7, 11) is 4.32. The summed E-state index contributed by atoms with van der Waals surface area (Å²) < 4.78 is 5.48. The zero-order chi connectivity index (χ0) is 17.3. The zero-order valence-corrected chi connectivity index (χ0v) is 15.3. The van der Waals surface area contributed by atoms with Crippen LogP contribution in [0.25, 0.3) is 11.0 Å². The Bertz CT molecular complexity index is 779. The minimum absolute atomic E-state index is 0.247. The largest absolute Gasteiger partial charge is 0.422 e. The molecule has 1 fully saturated rings. The summed E-state index contributed by atoms with van der Waals surface area (Å²) in [5.74, 6) is 0. The first-order valence-corrected chi connectivity index (χ1v) is 8.87. The number of fused-ring (bicyclic) bond motifs is 1. The van der Waals surface area contributed by atoms with Crippen LogP contribution in [0.2, 0.25) is 0 Å². The van der Waals surface area contributed by atoms with Crippen LogP contribution >= 0.6 is 0 Å². The first kappa shape index (κ1) is 17.2. The third-order valence-electron chi connectivity index (χ3n) is 5.11. The molecule has 4 nitrogen and oxygen atoms in total. The van der Waals surface area contributed by atoms with Gasteiger partial charge in [0.2, 0.25) is 0 Å². The van der Waals surface area contributed by atoms with Crippen molar-refractivity contribution in [3.8, 4) is 0 Å². The number of hydrogen-bond donors (Lipinski definition) is 0. The minimum atomic E-state index is -0.247. The molecule has 0 aliphatic carbocycles. The molecule has 4 heteroatoms. The van der Waals surface area contributed by atoms with Crippen LogP contribution in [0.4, 0.5) is 0 Å². The number of aryl methyl sites for hydroxylation is 2. The second-order valence-electron chi connectivity index (χ2n) is 7.40. The molecule has 1 saturated heterocycles. The fourth-order valence-electron chi connectivity index (χ4n) is 3.81. The van der Waals surface area contributed by atoms with E-state index in [9.17, 15) is 4.79 Å². The van der Waals surface area contributed by atoms with Gasteiger partial charge < -0.3 is 9.32 Å². The molecule has 2 aromatic rings. The molecule has 1 aromatic carbocycles. The average molecular weight is 328 g/mol. The van der Waals surface area contributed by atoms with Crippen molar-refractivity contribution in [1.82, 2.24) is 9.80 Å². The van der Waals surface area contributed by atoms with Gasteiger partial charge in [0.25, 0.3) is 0 Å². The number of nitrogens with zero attached hydrogens (tertiary/aromatic N) is 2. The highest BCUT2D eigenvalue weighted by molar-refractivity contribution is 5.83. The van der Waals surface area contributed by atoms with Crippen molar-refractivity contribution in [3.05, 3.63) is 45.3 Å². The van der Waals surface area contributed by atoms with E-state index in [0.717, 1.165) is 41.7 Å². The Labute approximate surface area is 144 Å². The molecule has 1 aliphatic rings. The second kappa shape index (κ2) is 7.08. The van der Waals surface area contributed by atoms with E-state index >= 15 is 0 Å². The van der Waals surface area contributed by atoms with Gasteiger partial charge >= 0.3 is 5.63 Å². The highest BCUT2D eigenvalue weighted by Gasteiger charge is 2.21. The number of benzene rings is 1. The molecule has 24 heavy (non-hydrogen) atoms. The maximum atomic E-state index is 12.0. The minimum Gasteiger partial charge on any atom is -0.422 e. The van der Waals surface area contributed by atoms with Crippen LogP contribution < -0.4 is 5.63 Å². The van der Waals surface area contributed by atoms with Crippen molar-refractivity contribution >= 4 is 11.0 Å². The van der Waals surface area contributed by atoms with Crippen LogP contribution in [0.3, 0.4) is 0 Å². The molecule has 3 rings (SSSR count). The van der Waals surface area contributed by atoms with Crippen LogP contribution in [0, 0.1) is 13.8 Å². The topological polar surface area (TPSA) is 36.7 Å². The lowest BCUT2D eigenvalue weighted by molar-refractivity contribution is 0.191. The van der Waals surface area contributed by atoms with Crippen molar-refractivity contribution in [1.29, 1.82) is 0 Å². The van der Waals surface area contributed by atoms with Crippen LogP contribution in [-0.4, -0.2) is 43.0 Å². The maximum Gasteiger partial charge on any atom is 0.336 e. The van der Waals surface area contributed by atoms with E-state index in [1.165, 1.54) is 24.8 Å². The molecular weight excluding hydrogens is 300 g/mol. The van der Waals surface area contributed by atoms with Crippen molar-refractivity contribution in [2.45, 2.75) is 45.7 Å². The molecule has 0 radical (unpaired) electrons. The second-order valence-corrected chi connectivity index (χ2v) is 7.40. The lowest BCUT2D eigenvalue weighted by Gasteiger charge is -2.28. The highest BCUT2D eigenvalue weighted by Crippen LogP contribution is 2.24. The molecule has 2 heterocycles. The van der Waals surface area contributed by atoms with Crippen molar-refractivity contribution in [2.24, 2.45) is 0 Å². The first-order chi connectivity index (χ1) is 11.4. The van der Waals surface area contributed by atoms with E-state index in [2.05, 4.69) is 43.0 Å². The lowest BCUT2D eigenvalue weighted by atomic mass is 10.0. The van der Waals surface area contributed by atoms with E-state index < -0.39 is 0 Å². The monoisotopic (exact) mass is 328 g/mol. The number of rotatable bonds is 3. The molecule has 0 saturated carbocycles. The fourth-order valence-corrected chi connectivity index (χ4v) is 3.81. The Hall–Kier alpha value is -1.65. The van der Waals surface area contributed by atoms with E-state index in [1.54, 1.807) is 6.07 Å². The van der Waals surface area contributed by atoms with Gasteiger partial charge in [-0.1, -0.05) is 12.5 Å². The number of likely N-dealkylation sites (tertiary alicyclic amines) is 1. The van der Waals surface area contributed by atoms with Crippen LogP contribution in [0.15, 0.2) is 27.4 Å². The van der Waals surface area contributed by atoms with Gasteiger partial charge in [0.05, 0.1) is 0 Å². The van der Waals surface area contributed by atoms with Gasteiger partial charge in [0, 0.05) is 30.6 Å². The Morgan fingerprint density at radius 2 is 2.00 bits per heavy atom. The molecule has 1 aliphatic heterocycles. The van der Waals surface area contributed by atoms with Crippen molar-refractivity contribution in [3.63, 3.8) is 0 Å².